The summed E-state index contributed by atoms with van der Waals surface area (Å²) in [6.07, 6.45) is 0. The summed E-state index contributed by atoms with van der Waals surface area (Å²) in [5.41, 5.74) is 1.14. The molecule has 0 unspecified atom stereocenters. The highest BCUT2D eigenvalue weighted by atomic mass is 16.3. The molecule has 0 aliphatic rings. The Morgan fingerprint density at radius 2 is 1.41 bits per heavy atom. The van der Waals surface area contributed by atoms with Gasteiger partial charge in [0.25, 0.3) is 0 Å². The summed E-state index contributed by atoms with van der Waals surface area (Å²) < 4.78 is 0. The molecular weight excluding hydrogens is 220 g/mol. The Bertz CT molecular complexity index is 576. The van der Waals surface area contributed by atoms with Crippen LogP contribution in [0.5, 0.6) is 23.0 Å². The van der Waals surface area contributed by atoms with E-state index in [0.717, 1.165) is 0 Å². The SMILES string of the molecule is Cc1c(O)ccc(-c2ccc(O)cc2O)c1O. The van der Waals surface area contributed by atoms with Crippen LogP contribution in [0.15, 0.2) is 30.3 Å². The highest BCUT2D eigenvalue weighted by Gasteiger charge is 2.13. The van der Waals surface area contributed by atoms with E-state index in [0.29, 0.717) is 16.7 Å². The van der Waals surface area contributed by atoms with Crippen molar-refractivity contribution < 1.29 is 20.4 Å². The van der Waals surface area contributed by atoms with Crippen molar-refractivity contribution in [2.45, 2.75) is 6.92 Å². The van der Waals surface area contributed by atoms with Gasteiger partial charge in [0.2, 0.25) is 0 Å². The Morgan fingerprint density at radius 3 is 2.06 bits per heavy atom. The van der Waals surface area contributed by atoms with Crippen LogP contribution < -0.4 is 0 Å². The summed E-state index contributed by atoms with van der Waals surface area (Å²) in [7, 11) is 0. The molecule has 0 amide bonds. The molecule has 0 spiro atoms. The average molecular weight is 232 g/mol. The van der Waals surface area contributed by atoms with Gasteiger partial charge in [-0.15, -0.1) is 0 Å². The van der Waals surface area contributed by atoms with E-state index in [1.54, 1.807) is 6.92 Å². The number of aromatic hydroxyl groups is 4. The molecule has 2 aromatic carbocycles. The number of phenolic OH excluding ortho intramolecular Hbond substituents is 4. The maximum absolute atomic E-state index is 9.89. The van der Waals surface area contributed by atoms with E-state index in [1.807, 2.05) is 0 Å². The van der Waals surface area contributed by atoms with E-state index < -0.39 is 0 Å². The van der Waals surface area contributed by atoms with E-state index in [-0.39, 0.29) is 23.0 Å². The van der Waals surface area contributed by atoms with E-state index in [1.165, 1.54) is 30.3 Å². The van der Waals surface area contributed by atoms with Crippen LogP contribution in [0.2, 0.25) is 0 Å². The molecule has 0 aliphatic heterocycles. The Morgan fingerprint density at radius 1 is 0.765 bits per heavy atom. The molecule has 0 heterocycles. The van der Waals surface area contributed by atoms with Crippen molar-refractivity contribution in [1.82, 2.24) is 0 Å². The van der Waals surface area contributed by atoms with Crippen LogP contribution in [0.1, 0.15) is 5.56 Å². The molecule has 0 saturated heterocycles. The zero-order valence-corrected chi connectivity index (χ0v) is 9.18. The molecule has 4 heteroatoms. The first kappa shape index (κ1) is 11.1. The fourth-order valence-corrected chi connectivity index (χ4v) is 1.65. The molecule has 0 saturated carbocycles. The second-order valence-electron chi connectivity index (χ2n) is 3.81. The van der Waals surface area contributed by atoms with Gasteiger partial charge in [-0.1, -0.05) is 0 Å². The summed E-state index contributed by atoms with van der Waals surface area (Å²) in [5, 5.41) is 38.2. The van der Waals surface area contributed by atoms with Crippen LogP contribution in [0.25, 0.3) is 11.1 Å². The summed E-state index contributed by atoms with van der Waals surface area (Å²) in [6, 6.07) is 7.05. The highest BCUT2D eigenvalue weighted by molar-refractivity contribution is 5.78. The lowest BCUT2D eigenvalue weighted by molar-refractivity contribution is 0.441. The molecule has 0 atom stereocenters. The van der Waals surface area contributed by atoms with Gasteiger partial charge in [-0.3, -0.25) is 0 Å². The summed E-state index contributed by atoms with van der Waals surface area (Å²) in [4.78, 5) is 0. The topological polar surface area (TPSA) is 80.9 Å². The van der Waals surface area contributed by atoms with Gasteiger partial charge in [-0.25, -0.2) is 0 Å². The van der Waals surface area contributed by atoms with Gasteiger partial charge in [0.15, 0.2) is 0 Å². The minimum absolute atomic E-state index is 0.00971. The molecule has 88 valence electrons. The van der Waals surface area contributed by atoms with Crippen LogP contribution in [0, 0.1) is 6.92 Å². The summed E-state index contributed by atoms with van der Waals surface area (Å²) >= 11 is 0. The van der Waals surface area contributed by atoms with Crippen molar-refractivity contribution in [2.75, 3.05) is 0 Å². The second kappa shape index (κ2) is 3.90. The first-order chi connectivity index (χ1) is 8.00. The van der Waals surface area contributed by atoms with Gasteiger partial charge < -0.3 is 20.4 Å². The fourth-order valence-electron chi connectivity index (χ4n) is 1.65. The molecule has 4 nitrogen and oxygen atoms in total. The van der Waals surface area contributed by atoms with Crippen LogP contribution in [-0.4, -0.2) is 20.4 Å². The lowest BCUT2D eigenvalue weighted by Crippen LogP contribution is -1.84. The molecule has 17 heavy (non-hydrogen) atoms. The van der Waals surface area contributed by atoms with E-state index in [9.17, 15) is 20.4 Å². The normalized spacial score (nSPS) is 10.4. The van der Waals surface area contributed by atoms with Gasteiger partial charge in [-0.05, 0) is 31.2 Å². The van der Waals surface area contributed by atoms with E-state index in [4.69, 9.17) is 0 Å². The minimum Gasteiger partial charge on any atom is -0.508 e. The maximum Gasteiger partial charge on any atom is 0.130 e. The van der Waals surface area contributed by atoms with Crippen molar-refractivity contribution >= 4 is 0 Å². The Hall–Kier alpha value is -2.36. The molecular formula is C13H12O4. The van der Waals surface area contributed by atoms with Crippen LogP contribution >= 0.6 is 0 Å². The molecule has 0 aromatic heterocycles. The first-order valence-electron chi connectivity index (χ1n) is 5.04. The third-order valence-corrected chi connectivity index (χ3v) is 2.67. The van der Waals surface area contributed by atoms with Gasteiger partial charge in [0, 0.05) is 22.8 Å². The number of hydrogen-bond acceptors (Lipinski definition) is 4. The smallest absolute Gasteiger partial charge is 0.130 e. The monoisotopic (exact) mass is 232 g/mol. The minimum atomic E-state index is -0.134. The first-order valence-corrected chi connectivity index (χ1v) is 5.04. The number of phenols is 4. The molecule has 4 N–H and O–H groups in total. The zero-order chi connectivity index (χ0) is 12.6. The molecule has 0 radical (unpaired) electrons. The Balaban J connectivity index is 2.65. The lowest BCUT2D eigenvalue weighted by atomic mass is 10.0. The maximum atomic E-state index is 9.89. The standard InChI is InChI=1S/C13H12O4/c1-7-11(15)5-4-10(13(7)17)9-3-2-8(14)6-12(9)16/h2-6,14-17H,1H3. The average Bonchev–Trinajstić information content (AvgIpc) is 2.28. The summed E-state index contributed by atoms with van der Waals surface area (Å²) in [5.74, 6) is -0.290. The van der Waals surface area contributed by atoms with Gasteiger partial charge in [-0.2, -0.15) is 0 Å². The fraction of sp³-hybridized carbons (Fsp3) is 0.0769. The predicted octanol–water partition coefficient (Wildman–Crippen LogP) is 2.48. The number of rotatable bonds is 1. The van der Waals surface area contributed by atoms with Crippen molar-refractivity contribution in [2.24, 2.45) is 0 Å². The molecule has 2 aromatic rings. The lowest BCUT2D eigenvalue weighted by Gasteiger charge is -2.10. The number of benzene rings is 2. The van der Waals surface area contributed by atoms with Crippen molar-refractivity contribution in [3.8, 4) is 34.1 Å². The van der Waals surface area contributed by atoms with Crippen molar-refractivity contribution in [1.29, 1.82) is 0 Å². The van der Waals surface area contributed by atoms with Crippen molar-refractivity contribution in [3.63, 3.8) is 0 Å². The Kier molecular flexibility index (Phi) is 2.55. The second-order valence-corrected chi connectivity index (χ2v) is 3.81. The number of hydrogen-bond donors (Lipinski definition) is 4. The van der Waals surface area contributed by atoms with E-state index in [2.05, 4.69) is 0 Å². The Labute approximate surface area is 98.0 Å². The third kappa shape index (κ3) is 1.85. The van der Waals surface area contributed by atoms with Crippen LogP contribution in [0.3, 0.4) is 0 Å². The van der Waals surface area contributed by atoms with Crippen LogP contribution in [0.4, 0.5) is 0 Å². The highest BCUT2D eigenvalue weighted by Crippen LogP contribution is 2.40. The largest absolute Gasteiger partial charge is 0.508 e. The predicted molar refractivity (Wildman–Crippen MR) is 63.3 cm³/mol. The molecule has 0 fully saturated rings. The van der Waals surface area contributed by atoms with Gasteiger partial charge in [0.1, 0.15) is 23.0 Å². The summed E-state index contributed by atoms with van der Waals surface area (Å²) in [6.45, 7) is 1.58. The van der Waals surface area contributed by atoms with Gasteiger partial charge >= 0.3 is 0 Å². The van der Waals surface area contributed by atoms with Gasteiger partial charge in [0.05, 0.1) is 0 Å². The third-order valence-electron chi connectivity index (χ3n) is 2.67. The van der Waals surface area contributed by atoms with E-state index >= 15 is 0 Å². The van der Waals surface area contributed by atoms with Crippen LogP contribution in [-0.2, 0) is 0 Å². The van der Waals surface area contributed by atoms with Crippen molar-refractivity contribution in [3.05, 3.63) is 35.9 Å². The quantitative estimate of drug-likeness (QED) is 0.609. The molecule has 0 aliphatic carbocycles. The molecule has 2 rings (SSSR count). The molecule has 0 bridgehead atoms. The zero-order valence-electron chi connectivity index (χ0n) is 9.18.